The molecule has 0 aliphatic rings. The van der Waals surface area contributed by atoms with Crippen molar-refractivity contribution in [3.8, 4) is 0 Å². The minimum Gasteiger partial charge on any atom is -0.243 e. The molecule has 0 aliphatic heterocycles. The van der Waals surface area contributed by atoms with E-state index in [4.69, 9.17) is 7.94 Å². The predicted molar refractivity (Wildman–Crippen MR) is 26.0 cm³/mol. The van der Waals surface area contributed by atoms with Gasteiger partial charge in [-0.25, -0.2) is 4.85 Å². The normalized spacial score (nSPS) is 14.5. The Hall–Kier alpha value is -0.770. The van der Waals surface area contributed by atoms with Gasteiger partial charge >= 0.3 is 0 Å². The van der Waals surface area contributed by atoms with Crippen LogP contribution < -0.4 is 0 Å². The maximum atomic E-state index is 6.85. The van der Waals surface area contributed by atoms with E-state index in [9.17, 15) is 0 Å². The fourth-order valence-electron chi connectivity index (χ4n) is 0.0559. The summed E-state index contributed by atoms with van der Waals surface area (Å²) in [7, 11) is 0. The Morgan fingerprint density at radius 3 is 2.67 bits per heavy atom. The van der Waals surface area contributed by atoms with Crippen LogP contribution in [0, 0.1) is 6.57 Å². The Morgan fingerprint density at radius 2 is 2.67 bits per heavy atom. The summed E-state index contributed by atoms with van der Waals surface area (Å²) >= 11 is 0. The van der Waals surface area contributed by atoms with Crippen LogP contribution in [0.3, 0.4) is 0 Å². The Balaban J connectivity index is 4.07. The van der Waals surface area contributed by atoms with E-state index in [-0.39, 0.29) is 0 Å². The van der Waals surface area contributed by atoms with Gasteiger partial charge in [-0.15, -0.1) is 0 Å². The molecule has 0 aromatic heterocycles. The molecule has 1 nitrogen and oxygen atoms in total. The van der Waals surface area contributed by atoms with Gasteiger partial charge in [0, 0.05) is 1.37 Å². The molecule has 0 aromatic rings. The Kier molecular flexibility index (Phi) is 1.41. The van der Waals surface area contributed by atoms with Crippen molar-refractivity contribution in [1.29, 1.82) is 0 Å². The number of rotatable bonds is 0. The van der Waals surface area contributed by atoms with Crippen molar-refractivity contribution >= 4 is 0 Å². The van der Waals surface area contributed by atoms with Gasteiger partial charge in [0.1, 0.15) is 0 Å². The molecule has 1 heteroatoms. The van der Waals surface area contributed by atoms with Gasteiger partial charge < -0.3 is 0 Å². The van der Waals surface area contributed by atoms with E-state index >= 15 is 0 Å². The van der Waals surface area contributed by atoms with Crippen LogP contribution in [0.5, 0.6) is 0 Å². The highest BCUT2D eigenvalue weighted by Crippen LogP contribution is 1.88. The molecule has 0 N–H and O–H groups in total. The van der Waals surface area contributed by atoms with E-state index in [0.29, 0.717) is 11.7 Å². The second-order valence-corrected chi connectivity index (χ2v) is 0.947. The summed E-state index contributed by atoms with van der Waals surface area (Å²) < 4.78 is 6.85. The maximum Gasteiger partial charge on any atom is 0.158 e. The first-order chi connectivity index (χ1) is 3.18. The highest BCUT2D eigenvalue weighted by Gasteiger charge is 1.71. The van der Waals surface area contributed by atoms with Crippen LogP contribution >= 0.6 is 0 Å². The first kappa shape index (κ1) is 3.42. The van der Waals surface area contributed by atoms with Crippen LogP contribution in [0.1, 0.15) is 15.2 Å². The first-order valence-electron chi connectivity index (χ1n) is 2.20. The van der Waals surface area contributed by atoms with Gasteiger partial charge in [0.15, 0.2) is 5.70 Å². The van der Waals surface area contributed by atoms with Gasteiger partial charge in [-0.1, -0.05) is 13.0 Å². The van der Waals surface area contributed by atoms with E-state index in [0.717, 1.165) is 0 Å². The zero-order chi connectivity index (χ0) is 5.86. The average Bonchev–Trinajstić information content (AvgIpc) is 1.65. The fourth-order valence-corrected chi connectivity index (χ4v) is 0.0559. The molecule has 0 radical (unpaired) electrons. The Morgan fingerprint density at radius 1 is 2.17 bits per heavy atom. The predicted octanol–water partition coefficient (Wildman–Crippen LogP) is 1.83. The molecular weight excluding hydrogens is 74.1 g/mol. The standard InChI is InChI=1S/C5H7N/c1-4-5(2)6-3/h4H,1-2H3/b5-4+/i4T. The van der Waals surface area contributed by atoms with Crippen LogP contribution in [-0.2, 0) is 0 Å². The van der Waals surface area contributed by atoms with Gasteiger partial charge in [0.05, 0.1) is 6.57 Å². The third-order valence-corrected chi connectivity index (χ3v) is 0.530. The van der Waals surface area contributed by atoms with E-state index in [1.807, 2.05) is 0 Å². The molecule has 0 fully saturated rings. The minimum absolute atomic E-state index is 0.356. The molecule has 0 saturated carbocycles. The third-order valence-electron chi connectivity index (χ3n) is 0.530. The quantitative estimate of drug-likeness (QED) is 0.393. The fraction of sp³-hybridized carbons (Fsp3) is 0.400. The second-order valence-electron chi connectivity index (χ2n) is 0.947. The molecule has 0 amide bonds. The van der Waals surface area contributed by atoms with Gasteiger partial charge in [0.2, 0.25) is 0 Å². The molecule has 0 heterocycles. The molecule has 0 atom stereocenters. The van der Waals surface area contributed by atoms with Crippen molar-refractivity contribution in [2.45, 2.75) is 13.8 Å². The monoisotopic (exact) mass is 83.1 g/mol. The Labute approximate surface area is 39.5 Å². The molecule has 0 aromatic carbocycles. The number of hydrogen-bond acceptors (Lipinski definition) is 0. The van der Waals surface area contributed by atoms with E-state index in [1.54, 1.807) is 13.8 Å². The summed E-state index contributed by atoms with van der Waals surface area (Å²) in [5.41, 5.74) is 0.472. The summed E-state index contributed by atoms with van der Waals surface area (Å²) in [6.45, 7) is 9.62. The number of nitrogens with zero attached hydrogens (tertiary/aromatic N) is 1. The minimum atomic E-state index is 0.356. The molecule has 6 heavy (non-hydrogen) atoms. The van der Waals surface area contributed by atoms with Crippen LogP contribution in [0.15, 0.2) is 11.7 Å². The molecule has 0 rings (SSSR count). The van der Waals surface area contributed by atoms with Crippen molar-refractivity contribution in [2.24, 2.45) is 0 Å². The largest absolute Gasteiger partial charge is 0.243 e. The topological polar surface area (TPSA) is 4.36 Å². The van der Waals surface area contributed by atoms with Crippen molar-refractivity contribution in [2.75, 3.05) is 0 Å². The summed E-state index contributed by atoms with van der Waals surface area (Å²) in [5, 5.41) is 0. The Bertz CT molecular complexity index is 126. The average molecular weight is 83.1 g/mol. The molecule has 0 spiro atoms. The zero-order valence-corrected chi connectivity index (χ0v) is 3.95. The lowest BCUT2D eigenvalue weighted by Gasteiger charge is -1.71. The molecular formula is C5H7N. The number of allylic oxidation sites excluding steroid dienone is 2. The molecule has 0 unspecified atom stereocenters. The number of hydrogen-bond donors (Lipinski definition) is 0. The summed E-state index contributed by atoms with van der Waals surface area (Å²) in [5.74, 6) is 0. The third kappa shape index (κ3) is 1.54. The van der Waals surface area contributed by atoms with Crippen molar-refractivity contribution in [3.05, 3.63) is 23.2 Å². The molecule has 0 saturated heterocycles. The molecule has 0 bridgehead atoms. The second kappa shape index (κ2) is 2.47. The maximum absolute atomic E-state index is 6.85. The smallest absolute Gasteiger partial charge is 0.158 e. The lowest BCUT2D eigenvalue weighted by molar-refractivity contribution is 1.48. The SMILES string of the molecule is [3H]/C(C)=C(/C)[N+]#[C-]. The summed E-state index contributed by atoms with van der Waals surface area (Å²) in [6, 6.07) is 0.356. The van der Waals surface area contributed by atoms with Gasteiger partial charge in [-0.2, -0.15) is 0 Å². The van der Waals surface area contributed by atoms with Crippen LogP contribution in [0.4, 0.5) is 0 Å². The summed E-state index contributed by atoms with van der Waals surface area (Å²) in [6.07, 6.45) is 0. The van der Waals surface area contributed by atoms with Gasteiger partial charge in [0.25, 0.3) is 0 Å². The van der Waals surface area contributed by atoms with Gasteiger partial charge in [-0.3, -0.25) is 0 Å². The van der Waals surface area contributed by atoms with Crippen LogP contribution in [-0.4, -0.2) is 0 Å². The first-order valence-corrected chi connectivity index (χ1v) is 1.70. The van der Waals surface area contributed by atoms with Gasteiger partial charge in [-0.05, 0) is 6.92 Å². The van der Waals surface area contributed by atoms with Crippen LogP contribution in [0.25, 0.3) is 4.85 Å². The summed E-state index contributed by atoms with van der Waals surface area (Å²) in [4.78, 5) is 3.03. The van der Waals surface area contributed by atoms with E-state index in [2.05, 4.69) is 4.85 Å². The van der Waals surface area contributed by atoms with E-state index < -0.39 is 0 Å². The lowest BCUT2D eigenvalue weighted by atomic mass is 10.5. The van der Waals surface area contributed by atoms with Crippen molar-refractivity contribution < 1.29 is 1.37 Å². The highest BCUT2D eigenvalue weighted by atomic mass is 14.6. The lowest BCUT2D eigenvalue weighted by Crippen LogP contribution is -1.53. The van der Waals surface area contributed by atoms with E-state index in [1.165, 1.54) is 0 Å². The van der Waals surface area contributed by atoms with Crippen molar-refractivity contribution in [1.82, 2.24) is 0 Å². The van der Waals surface area contributed by atoms with Crippen molar-refractivity contribution in [3.63, 3.8) is 0 Å². The molecule has 32 valence electrons. The zero-order valence-electron chi connectivity index (χ0n) is 4.95. The highest BCUT2D eigenvalue weighted by molar-refractivity contribution is 5.03. The molecule has 0 aliphatic carbocycles. The van der Waals surface area contributed by atoms with Crippen LogP contribution in [0.2, 0.25) is 0 Å².